The monoisotopic (exact) mass is 513 g/mol. The summed E-state index contributed by atoms with van der Waals surface area (Å²) < 4.78 is 32.2. The molecule has 7 nitrogen and oxygen atoms in total. The molecule has 1 heterocycles. The van der Waals surface area contributed by atoms with Crippen LogP contribution >= 0.6 is 11.6 Å². The molecule has 1 amide bonds. The van der Waals surface area contributed by atoms with E-state index in [4.69, 9.17) is 16.3 Å². The summed E-state index contributed by atoms with van der Waals surface area (Å²) in [5, 5.41) is 0.203. The van der Waals surface area contributed by atoms with Crippen LogP contribution in [0.4, 0.5) is 0 Å². The molecule has 0 spiro atoms. The van der Waals surface area contributed by atoms with Crippen molar-refractivity contribution < 1.29 is 17.9 Å². The summed E-state index contributed by atoms with van der Waals surface area (Å²) in [5.74, 6) is 1.30. The third kappa shape index (κ3) is 7.65. The minimum atomic E-state index is -3.71. The number of amides is 1. The highest BCUT2D eigenvalue weighted by Crippen LogP contribution is 2.30. The number of likely N-dealkylation sites (tertiary alicyclic amines) is 1. The maximum absolute atomic E-state index is 12.7. The van der Waals surface area contributed by atoms with Crippen molar-refractivity contribution >= 4 is 27.5 Å². The first-order valence-electron chi connectivity index (χ1n) is 12.4. The summed E-state index contributed by atoms with van der Waals surface area (Å²) in [6.45, 7) is 6.63. The first kappa shape index (κ1) is 27.4. The second-order valence-electron chi connectivity index (χ2n) is 9.98. The van der Waals surface area contributed by atoms with Gasteiger partial charge >= 0.3 is 0 Å². The quantitative estimate of drug-likeness (QED) is 0.422. The Morgan fingerprint density at radius 2 is 1.76 bits per heavy atom. The van der Waals surface area contributed by atoms with E-state index in [-0.39, 0.29) is 35.6 Å². The van der Waals surface area contributed by atoms with Gasteiger partial charge in [-0.05, 0) is 88.1 Å². The van der Waals surface area contributed by atoms with Gasteiger partial charge in [-0.15, -0.1) is 0 Å². The summed E-state index contributed by atoms with van der Waals surface area (Å²) in [6.07, 6.45) is 7.56. The average molecular weight is 514 g/mol. The van der Waals surface area contributed by atoms with E-state index in [1.807, 2.05) is 14.0 Å². The Morgan fingerprint density at radius 3 is 2.41 bits per heavy atom. The predicted octanol–water partition coefficient (Wildman–Crippen LogP) is 3.65. The lowest BCUT2D eigenvalue weighted by atomic mass is 9.81. The molecule has 9 heteroatoms. The molecule has 1 aliphatic carbocycles. The third-order valence-electron chi connectivity index (χ3n) is 7.19. The molecule has 1 aromatic rings. The van der Waals surface area contributed by atoms with Crippen LogP contribution in [0.1, 0.15) is 44.1 Å². The van der Waals surface area contributed by atoms with Gasteiger partial charge in [-0.1, -0.05) is 17.7 Å². The highest BCUT2D eigenvalue weighted by molar-refractivity contribution is 7.89. The largest absolute Gasteiger partial charge is 0.370 e. The first-order chi connectivity index (χ1) is 16.2. The van der Waals surface area contributed by atoms with E-state index >= 15 is 0 Å². The molecule has 0 radical (unpaired) electrons. The summed E-state index contributed by atoms with van der Waals surface area (Å²) >= 11 is 6.13. The Kier molecular flexibility index (Phi) is 10.2. The molecule has 0 aromatic heterocycles. The first-order valence-corrected chi connectivity index (χ1v) is 14.2. The maximum atomic E-state index is 12.7. The molecule has 2 fully saturated rings. The van der Waals surface area contributed by atoms with E-state index in [9.17, 15) is 13.2 Å². The van der Waals surface area contributed by atoms with Crippen molar-refractivity contribution in [2.75, 3.05) is 60.0 Å². The van der Waals surface area contributed by atoms with E-state index < -0.39 is 10.0 Å². The number of halogens is 1. The summed E-state index contributed by atoms with van der Waals surface area (Å²) in [5.41, 5.74) is 0.896. The molecule has 1 saturated heterocycles. The molecular weight excluding hydrogens is 474 g/mol. The van der Waals surface area contributed by atoms with Gasteiger partial charge in [0.05, 0.1) is 11.6 Å². The van der Waals surface area contributed by atoms with Gasteiger partial charge in [0, 0.05) is 33.7 Å². The number of rotatable bonds is 11. The van der Waals surface area contributed by atoms with Gasteiger partial charge in [0.15, 0.2) is 0 Å². The number of carbonyl (C=O) groups excluding carboxylic acids is 1. The van der Waals surface area contributed by atoms with Gasteiger partial charge in [-0.25, -0.2) is 8.42 Å². The second kappa shape index (κ2) is 12.7. The van der Waals surface area contributed by atoms with E-state index in [1.165, 1.54) is 75.6 Å². The molecule has 0 N–H and O–H groups in total. The number of carbonyl (C=O) groups is 1. The Balaban J connectivity index is 1.33. The van der Waals surface area contributed by atoms with E-state index in [2.05, 4.69) is 4.90 Å². The lowest BCUT2D eigenvalue weighted by Gasteiger charge is -2.33. The average Bonchev–Trinajstić information content (AvgIpc) is 3.30. The minimum Gasteiger partial charge on any atom is -0.370 e. The molecule has 0 atom stereocenters. The lowest BCUT2D eigenvalue weighted by molar-refractivity contribution is -0.135. The second-order valence-corrected chi connectivity index (χ2v) is 12.4. The van der Waals surface area contributed by atoms with Crippen LogP contribution in [0.25, 0.3) is 0 Å². The molecule has 3 rings (SSSR count). The highest BCUT2D eigenvalue weighted by atomic mass is 35.5. The zero-order chi connectivity index (χ0) is 24.7. The van der Waals surface area contributed by atoms with Gasteiger partial charge in [-0.2, -0.15) is 4.31 Å². The maximum Gasteiger partial charge on any atom is 0.248 e. The smallest absolute Gasteiger partial charge is 0.248 e. The molecule has 1 aromatic carbocycles. The van der Waals surface area contributed by atoms with Crippen molar-refractivity contribution in [1.29, 1.82) is 0 Å². The highest BCUT2D eigenvalue weighted by Gasteiger charge is 2.26. The zero-order valence-electron chi connectivity index (χ0n) is 20.8. The van der Waals surface area contributed by atoms with Gasteiger partial charge in [0.1, 0.15) is 11.5 Å². The van der Waals surface area contributed by atoms with Crippen LogP contribution in [0.5, 0.6) is 0 Å². The predicted molar refractivity (Wildman–Crippen MR) is 136 cm³/mol. The number of ether oxygens (including phenoxy) is 1. The molecule has 192 valence electrons. The van der Waals surface area contributed by atoms with Crippen LogP contribution < -0.4 is 0 Å². The number of nitrogens with zero attached hydrogens (tertiary/aromatic N) is 3. The van der Waals surface area contributed by atoms with Gasteiger partial charge < -0.3 is 14.5 Å². The topological polar surface area (TPSA) is 70.2 Å². The molecule has 1 saturated carbocycles. The summed E-state index contributed by atoms with van der Waals surface area (Å²) in [4.78, 5) is 16.9. The number of sulfonamides is 1. The van der Waals surface area contributed by atoms with E-state index in [1.54, 1.807) is 17.0 Å². The third-order valence-corrected chi connectivity index (χ3v) is 9.53. The van der Waals surface area contributed by atoms with Crippen LogP contribution in [0.2, 0.25) is 5.02 Å². The van der Waals surface area contributed by atoms with Crippen molar-refractivity contribution in [2.45, 2.75) is 50.3 Å². The van der Waals surface area contributed by atoms with Crippen LogP contribution in [-0.2, 0) is 19.6 Å². The van der Waals surface area contributed by atoms with Crippen molar-refractivity contribution in [1.82, 2.24) is 14.1 Å². The van der Waals surface area contributed by atoms with Crippen LogP contribution in [0, 0.1) is 18.8 Å². The summed E-state index contributed by atoms with van der Waals surface area (Å²) in [6, 6.07) is 4.87. The molecule has 0 bridgehead atoms. The lowest BCUT2D eigenvalue weighted by Crippen LogP contribution is -2.37. The molecule has 34 heavy (non-hydrogen) atoms. The van der Waals surface area contributed by atoms with Crippen molar-refractivity contribution in [3.63, 3.8) is 0 Å². The number of likely N-dealkylation sites (N-methyl/N-ethyl adjacent to an activating group) is 2. The fraction of sp³-hybridized carbons (Fsp3) is 0.720. The van der Waals surface area contributed by atoms with Crippen molar-refractivity contribution in [3.8, 4) is 0 Å². The Labute approximate surface area is 210 Å². The Hall–Kier alpha value is -1.19. The van der Waals surface area contributed by atoms with E-state index in [0.717, 1.165) is 18.0 Å². The standard InChI is InChI=1S/C25H40ClN3O4S/c1-20-6-11-24(23(26)16-20)34(31,32)28(3)14-15-33-19-25(30)27(2)17-21-7-9-22(10-8-21)18-29-12-4-5-13-29/h6,11,16,21-22H,4-5,7-10,12-15,17-19H2,1-3H3. The van der Waals surface area contributed by atoms with Gasteiger partial charge in [0.2, 0.25) is 15.9 Å². The van der Waals surface area contributed by atoms with E-state index in [0.29, 0.717) is 5.92 Å². The number of aryl methyl sites for hydroxylation is 1. The Morgan fingerprint density at radius 1 is 1.12 bits per heavy atom. The SMILES string of the molecule is Cc1ccc(S(=O)(=O)N(C)CCOCC(=O)N(C)CC2CCC(CN3CCCC3)CC2)c(Cl)c1. The van der Waals surface area contributed by atoms with Crippen LogP contribution in [0.15, 0.2) is 23.1 Å². The van der Waals surface area contributed by atoms with Crippen LogP contribution in [-0.4, -0.2) is 88.5 Å². The minimum absolute atomic E-state index is 0.0417. The molecular formula is C25H40ClN3O4S. The van der Waals surface area contributed by atoms with Crippen LogP contribution in [0.3, 0.4) is 0 Å². The normalized spacial score (nSPS) is 21.8. The Bertz CT molecular complexity index is 913. The fourth-order valence-corrected chi connectivity index (χ4v) is 6.71. The summed E-state index contributed by atoms with van der Waals surface area (Å²) in [7, 11) is -0.392. The molecule has 2 aliphatic rings. The van der Waals surface area contributed by atoms with Gasteiger partial charge in [0.25, 0.3) is 0 Å². The molecule has 1 aliphatic heterocycles. The number of benzene rings is 1. The van der Waals surface area contributed by atoms with Crippen molar-refractivity contribution in [3.05, 3.63) is 28.8 Å². The number of hydrogen-bond donors (Lipinski definition) is 0. The fourth-order valence-electron chi connectivity index (χ4n) is 4.98. The molecule has 0 unspecified atom stereocenters. The van der Waals surface area contributed by atoms with Crippen molar-refractivity contribution in [2.24, 2.45) is 11.8 Å². The number of hydrogen-bond acceptors (Lipinski definition) is 5. The van der Waals surface area contributed by atoms with Gasteiger partial charge in [-0.3, -0.25) is 4.79 Å². The zero-order valence-corrected chi connectivity index (χ0v) is 22.4.